The molecular weight excluding hydrogens is 362 g/mol. The molecule has 1 aromatic carbocycles. The zero-order chi connectivity index (χ0) is 19.9. The van der Waals surface area contributed by atoms with Crippen LogP contribution in [0, 0.1) is 0 Å². The third-order valence-electron chi connectivity index (χ3n) is 3.61. The summed E-state index contributed by atoms with van der Waals surface area (Å²) in [7, 11) is 0. The molecule has 7 heteroatoms. The molecule has 0 saturated carbocycles. The van der Waals surface area contributed by atoms with E-state index in [1.807, 2.05) is 26.2 Å². The van der Waals surface area contributed by atoms with E-state index in [0.29, 0.717) is 11.7 Å². The lowest BCUT2D eigenvalue weighted by molar-refractivity contribution is -0.114. The lowest BCUT2D eigenvalue weighted by Crippen LogP contribution is -2.33. The fraction of sp³-hybridized carbons (Fsp3) is 0.450. The number of carbonyl (C=O) groups is 2. The van der Waals surface area contributed by atoms with E-state index in [4.69, 9.17) is 4.74 Å². The number of benzene rings is 1. The van der Waals surface area contributed by atoms with E-state index in [9.17, 15) is 9.59 Å². The number of hydrogen-bond acceptors (Lipinski definition) is 5. The summed E-state index contributed by atoms with van der Waals surface area (Å²) in [5.41, 5.74) is 2.89. The lowest BCUT2D eigenvalue weighted by Gasteiger charge is -2.19. The van der Waals surface area contributed by atoms with Gasteiger partial charge in [-0.1, -0.05) is 24.3 Å². The van der Waals surface area contributed by atoms with E-state index in [1.54, 1.807) is 0 Å². The summed E-state index contributed by atoms with van der Waals surface area (Å²) in [5.74, 6) is -0.104. The van der Waals surface area contributed by atoms with Crippen LogP contribution in [0.15, 0.2) is 29.6 Å². The van der Waals surface area contributed by atoms with Crippen LogP contribution in [0.4, 0.5) is 9.93 Å². The number of aromatic nitrogens is 1. The number of rotatable bonds is 7. The van der Waals surface area contributed by atoms with Gasteiger partial charge in [-0.25, -0.2) is 9.78 Å². The van der Waals surface area contributed by atoms with Gasteiger partial charge in [-0.05, 0) is 51.2 Å². The van der Waals surface area contributed by atoms with Crippen molar-refractivity contribution in [1.29, 1.82) is 0 Å². The molecule has 2 amide bonds. The van der Waals surface area contributed by atoms with Crippen molar-refractivity contribution in [2.45, 2.75) is 52.6 Å². The summed E-state index contributed by atoms with van der Waals surface area (Å²) in [6.07, 6.45) is 2.09. The molecule has 6 nitrogen and oxygen atoms in total. The number of hydrogen-bond donors (Lipinski definition) is 2. The maximum absolute atomic E-state index is 11.6. The molecule has 0 bridgehead atoms. The Morgan fingerprint density at radius 2 is 1.70 bits per heavy atom. The van der Waals surface area contributed by atoms with Crippen molar-refractivity contribution in [1.82, 2.24) is 10.3 Å². The Morgan fingerprint density at radius 3 is 2.30 bits per heavy atom. The summed E-state index contributed by atoms with van der Waals surface area (Å²) in [4.78, 5) is 27.1. The Balaban J connectivity index is 1.74. The minimum Gasteiger partial charge on any atom is -0.444 e. The van der Waals surface area contributed by atoms with Crippen molar-refractivity contribution in [2.75, 3.05) is 11.9 Å². The zero-order valence-corrected chi connectivity index (χ0v) is 17.1. The summed E-state index contributed by atoms with van der Waals surface area (Å²) in [6, 6.07) is 8.36. The Hall–Kier alpha value is -2.41. The fourth-order valence-electron chi connectivity index (χ4n) is 2.40. The maximum atomic E-state index is 11.6. The van der Waals surface area contributed by atoms with Gasteiger partial charge in [0, 0.05) is 18.8 Å². The molecule has 0 aliphatic heterocycles. The van der Waals surface area contributed by atoms with Crippen LogP contribution in [0.2, 0.25) is 0 Å². The van der Waals surface area contributed by atoms with Crippen LogP contribution in [-0.4, -0.2) is 29.1 Å². The van der Waals surface area contributed by atoms with Gasteiger partial charge in [-0.15, -0.1) is 11.3 Å². The quantitative estimate of drug-likeness (QED) is 0.751. The van der Waals surface area contributed by atoms with E-state index in [2.05, 4.69) is 39.9 Å². The lowest BCUT2D eigenvalue weighted by atomic mass is 10.0. The molecule has 1 heterocycles. The number of nitrogens with zero attached hydrogens (tertiary/aromatic N) is 1. The highest BCUT2D eigenvalue weighted by Gasteiger charge is 2.15. The van der Waals surface area contributed by atoms with Crippen molar-refractivity contribution in [3.63, 3.8) is 0 Å². The third kappa shape index (κ3) is 8.21. The van der Waals surface area contributed by atoms with Crippen molar-refractivity contribution in [2.24, 2.45) is 0 Å². The van der Waals surface area contributed by atoms with Gasteiger partial charge in [0.2, 0.25) is 5.91 Å². The molecule has 0 aliphatic rings. The van der Waals surface area contributed by atoms with Gasteiger partial charge in [-0.3, -0.25) is 4.79 Å². The van der Waals surface area contributed by atoms with Gasteiger partial charge in [0.05, 0.1) is 5.69 Å². The molecule has 0 saturated heterocycles. The van der Waals surface area contributed by atoms with Crippen LogP contribution in [-0.2, 0) is 28.8 Å². The average Bonchev–Trinajstić information content (AvgIpc) is 2.99. The summed E-state index contributed by atoms with van der Waals surface area (Å²) < 4.78 is 5.21. The van der Waals surface area contributed by atoms with Gasteiger partial charge < -0.3 is 15.4 Å². The first-order valence-electron chi connectivity index (χ1n) is 8.98. The molecule has 2 rings (SSSR count). The van der Waals surface area contributed by atoms with Crippen LogP contribution in [0.25, 0.3) is 0 Å². The summed E-state index contributed by atoms with van der Waals surface area (Å²) in [5, 5.41) is 8.08. The summed E-state index contributed by atoms with van der Waals surface area (Å²) in [6.45, 7) is 7.55. The van der Waals surface area contributed by atoms with E-state index >= 15 is 0 Å². The molecule has 0 unspecified atom stereocenters. The Kier molecular flexibility index (Phi) is 7.36. The molecule has 2 N–H and O–H groups in total. The van der Waals surface area contributed by atoms with Crippen LogP contribution in [0.3, 0.4) is 0 Å². The standard InChI is InChI=1S/C20H27N3O3S/c1-14(24)22-18-23-17(13-27-18)10-9-15-5-7-16(8-6-15)11-12-21-19(25)26-20(2,3)4/h5-8,13H,9-12H2,1-4H3,(H,21,25)(H,22,23,24). The van der Waals surface area contributed by atoms with Gasteiger partial charge in [0.25, 0.3) is 0 Å². The first kappa shape index (κ1) is 20.9. The third-order valence-corrected chi connectivity index (χ3v) is 4.42. The normalized spacial score (nSPS) is 11.1. The van der Waals surface area contributed by atoms with Gasteiger partial charge in [-0.2, -0.15) is 0 Å². The highest BCUT2D eigenvalue weighted by Crippen LogP contribution is 2.17. The van der Waals surface area contributed by atoms with Crippen LogP contribution in [0.1, 0.15) is 44.5 Å². The Morgan fingerprint density at radius 1 is 1.07 bits per heavy atom. The molecule has 1 aromatic heterocycles. The molecule has 0 radical (unpaired) electrons. The van der Waals surface area contributed by atoms with Crippen molar-refractivity contribution >= 4 is 28.5 Å². The second-order valence-corrected chi connectivity index (χ2v) is 8.18. The molecule has 0 aliphatic carbocycles. The minimum absolute atomic E-state index is 0.104. The fourth-order valence-corrected chi connectivity index (χ4v) is 3.19. The highest BCUT2D eigenvalue weighted by atomic mass is 32.1. The Bertz CT molecular complexity index is 764. The topological polar surface area (TPSA) is 80.3 Å². The minimum atomic E-state index is -0.480. The number of nitrogens with one attached hydrogen (secondary N) is 2. The van der Waals surface area contributed by atoms with Gasteiger partial charge in [0.15, 0.2) is 5.13 Å². The van der Waals surface area contributed by atoms with E-state index in [1.165, 1.54) is 23.8 Å². The Labute approximate surface area is 164 Å². The van der Waals surface area contributed by atoms with Gasteiger partial charge >= 0.3 is 6.09 Å². The van der Waals surface area contributed by atoms with Crippen LogP contribution < -0.4 is 10.6 Å². The zero-order valence-electron chi connectivity index (χ0n) is 16.3. The number of ether oxygens (including phenoxy) is 1. The second kappa shape index (κ2) is 9.50. The van der Waals surface area contributed by atoms with Crippen LogP contribution >= 0.6 is 11.3 Å². The van der Waals surface area contributed by atoms with E-state index in [0.717, 1.165) is 30.5 Å². The van der Waals surface area contributed by atoms with Crippen LogP contribution in [0.5, 0.6) is 0 Å². The maximum Gasteiger partial charge on any atom is 0.407 e. The molecule has 146 valence electrons. The predicted molar refractivity (Wildman–Crippen MR) is 108 cm³/mol. The first-order valence-corrected chi connectivity index (χ1v) is 9.86. The van der Waals surface area contributed by atoms with Crippen molar-refractivity contribution in [3.05, 3.63) is 46.5 Å². The molecule has 0 atom stereocenters. The highest BCUT2D eigenvalue weighted by molar-refractivity contribution is 7.13. The SMILES string of the molecule is CC(=O)Nc1nc(CCc2ccc(CCNC(=O)OC(C)(C)C)cc2)cs1. The van der Waals surface area contributed by atoms with Gasteiger partial charge in [0.1, 0.15) is 5.60 Å². The molecule has 0 spiro atoms. The first-order chi connectivity index (χ1) is 12.7. The van der Waals surface area contributed by atoms with E-state index < -0.39 is 5.60 Å². The van der Waals surface area contributed by atoms with Crippen molar-refractivity contribution in [3.8, 4) is 0 Å². The smallest absolute Gasteiger partial charge is 0.407 e. The number of anilines is 1. The number of alkyl carbamates (subject to hydrolysis) is 1. The number of amides is 2. The largest absolute Gasteiger partial charge is 0.444 e. The molecule has 2 aromatic rings. The molecular formula is C20H27N3O3S. The number of thiazole rings is 1. The monoisotopic (exact) mass is 389 g/mol. The predicted octanol–water partition coefficient (Wildman–Crippen LogP) is 3.95. The van der Waals surface area contributed by atoms with Crippen molar-refractivity contribution < 1.29 is 14.3 Å². The molecule has 27 heavy (non-hydrogen) atoms. The summed E-state index contributed by atoms with van der Waals surface area (Å²) >= 11 is 1.44. The average molecular weight is 390 g/mol. The second-order valence-electron chi connectivity index (χ2n) is 7.32. The number of aryl methyl sites for hydroxylation is 2. The van der Waals surface area contributed by atoms with E-state index in [-0.39, 0.29) is 12.0 Å². The molecule has 0 fully saturated rings. The number of carbonyl (C=O) groups excluding carboxylic acids is 2.